The zero-order valence-corrected chi connectivity index (χ0v) is 14.6. The van der Waals surface area contributed by atoms with Crippen molar-refractivity contribution in [1.82, 2.24) is 10.6 Å². The summed E-state index contributed by atoms with van der Waals surface area (Å²) in [5, 5.41) is 6.53. The summed E-state index contributed by atoms with van der Waals surface area (Å²) >= 11 is 5.92. The van der Waals surface area contributed by atoms with E-state index in [2.05, 4.69) is 24.5 Å². The quantitative estimate of drug-likeness (QED) is 0.836. The van der Waals surface area contributed by atoms with Crippen LogP contribution in [0.15, 0.2) is 48.5 Å². The highest BCUT2D eigenvalue weighted by molar-refractivity contribution is 6.30. The Morgan fingerprint density at radius 3 is 2.22 bits per heavy atom. The third kappa shape index (κ3) is 5.29. The highest BCUT2D eigenvalue weighted by atomic mass is 35.5. The molecule has 0 fully saturated rings. The van der Waals surface area contributed by atoms with Crippen LogP contribution in [0.5, 0.6) is 0 Å². The van der Waals surface area contributed by atoms with Gasteiger partial charge in [0.15, 0.2) is 0 Å². The Labute approximate surface area is 143 Å². The van der Waals surface area contributed by atoms with E-state index in [-0.39, 0.29) is 11.4 Å². The summed E-state index contributed by atoms with van der Waals surface area (Å²) < 4.78 is 0. The Hall–Kier alpha value is -2.00. The Bertz CT molecular complexity index is 648. The van der Waals surface area contributed by atoms with Crippen molar-refractivity contribution in [2.24, 2.45) is 0 Å². The second kappa shape index (κ2) is 7.51. The summed E-state index contributed by atoms with van der Waals surface area (Å²) in [5.74, 6) is 0. The standard InChI is InChI=1S/C19H23ClN2O/c1-14-4-6-15(7-5-14)12-21-18(23)22-13-19(2,3)16-8-10-17(20)11-9-16/h4-11H,12-13H2,1-3H3,(H2,21,22,23). The summed E-state index contributed by atoms with van der Waals surface area (Å²) in [4.78, 5) is 12.0. The van der Waals surface area contributed by atoms with Crippen molar-refractivity contribution in [3.05, 3.63) is 70.2 Å². The fraction of sp³-hybridized carbons (Fsp3) is 0.316. The zero-order valence-electron chi connectivity index (χ0n) is 13.8. The fourth-order valence-electron chi connectivity index (χ4n) is 2.26. The molecule has 23 heavy (non-hydrogen) atoms. The molecule has 0 saturated heterocycles. The molecule has 2 N–H and O–H groups in total. The van der Waals surface area contributed by atoms with Gasteiger partial charge in [-0.25, -0.2) is 4.79 Å². The van der Waals surface area contributed by atoms with Gasteiger partial charge < -0.3 is 10.6 Å². The lowest BCUT2D eigenvalue weighted by molar-refractivity contribution is 0.238. The van der Waals surface area contributed by atoms with Gasteiger partial charge in [-0.3, -0.25) is 0 Å². The number of urea groups is 1. The van der Waals surface area contributed by atoms with Gasteiger partial charge in [0.25, 0.3) is 0 Å². The van der Waals surface area contributed by atoms with Gasteiger partial charge in [-0.15, -0.1) is 0 Å². The Kier molecular flexibility index (Phi) is 5.67. The molecule has 0 aliphatic carbocycles. The first kappa shape index (κ1) is 17.4. The van der Waals surface area contributed by atoms with Crippen LogP contribution in [0.25, 0.3) is 0 Å². The molecule has 0 aliphatic heterocycles. The van der Waals surface area contributed by atoms with E-state index in [0.717, 1.165) is 11.1 Å². The molecule has 0 radical (unpaired) electrons. The Morgan fingerprint density at radius 1 is 1.00 bits per heavy atom. The van der Waals surface area contributed by atoms with Crippen LogP contribution in [0.2, 0.25) is 5.02 Å². The summed E-state index contributed by atoms with van der Waals surface area (Å²) in [7, 11) is 0. The number of halogens is 1. The van der Waals surface area contributed by atoms with Crippen LogP contribution in [-0.2, 0) is 12.0 Å². The van der Waals surface area contributed by atoms with Gasteiger partial charge in [-0.1, -0.05) is 67.4 Å². The molecule has 0 heterocycles. The third-order valence-corrected chi connectivity index (χ3v) is 4.14. The molecule has 0 saturated carbocycles. The summed E-state index contributed by atoms with van der Waals surface area (Å²) in [6, 6.07) is 15.7. The molecule has 2 aromatic rings. The topological polar surface area (TPSA) is 41.1 Å². The van der Waals surface area contributed by atoms with E-state index >= 15 is 0 Å². The minimum absolute atomic E-state index is 0.160. The van der Waals surface area contributed by atoms with Crippen molar-refractivity contribution >= 4 is 17.6 Å². The molecule has 0 bridgehead atoms. The molecular weight excluding hydrogens is 308 g/mol. The monoisotopic (exact) mass is 330 g/mol. The lowest BCUT2D eigenvalue weighted by Gasteiger charge is -2.25. The molecule has 3 nitrogen and oxygen atoms in total. The number of hydrogen-bond donors (Lipinski definition) is 2. The van der Waals surface area contributed by atoms with E-state index in [1.54, 1.807) is 0 Å². The van der Waals surface area contributed by atoms with E-state index in [0.29, 0.717) is 18.1 Å². The fourth-order valence-corrected chi connectivity index (χ4v) is 2.38. The number of rotatable bonds is 5. The van der Waals surface area contributed by atoms with Crippen molar-refractivity contribution in [3.63, 3.8) is 0 Å². The highest BCUT2D eigenvalue weighted by Crippen LogP contribution is 2.23. The molecule has 0 aromatic heterocycles. The van der Waals surface area contributed by atoms with Crippen molar-refractivity contribution in [3.8, 4) is 0 Å². The molecular formula is C19H23ClN2O. The Morgan fingerprint density at radius 2 is 1.61 bits per heavy atom. The zero-order chi connectivity index (χ0) is 16.9. The van der Waals surface area contributed by atoms with Crippen molar-refractivity contribution in [2.75, 3.05) is 6.54 Å². The number of nitrogens with one attached hydrogen (secondary N) is 2. The van der Waals surface area contributed by atoms with Crippen LogP contribution in [0.4, 0.5) is 4.79 Å². The van der Waals surface area contributed by atoms with Gasteiger partial charge in [0.2, 0.25) is 0 Å². The normalized spacial score (nSPS) is 11.1. The molecule has 2 aromatic carbocycles. The second-order valence-electron chi connectivity index (χ2n) is 6.41. The van der Waals surface area contributed by atoms with Gasteiger partial charge in [-0.05, 0) is 30.2 Å². The van der Waals surface area contributed by atoms with Crippen LogP contribution in [0, 0.1) is 6.92 Å². The van der Waals surface area contributed by atoms with Gasteiger partial charge in [-0.2, -0.15) is 0 Å². The van der Waals surface area contributed by atoms with Crippen LogP contribution in [0.1, 0.15) is 30.5 Å². The maximum atomic E-state index is 12.0. The predicted octanol–water partition coefficient (Wildman–Crippen LogP) is 4.43. The molecule has 0 unspecified atom stereocenters. The summed E-state index contributed by atoms with van der Waals surface area (Å²) in [5.41, 5.74) is 3.28. The molecule has 4 heteroatoms. The number of carbonyl (C=O) groups is 1. The highest BCUT2D eigenvalue weighted by Gasteiger charge is 2.21. The number of benzene rings is 2. The molecule has 2 rings (SSSR count). The van der Waals surface area contributed by atoms with Crippen molar-refractivity contribution in [2.45, 2.75) is 32.7 Å². The minimum Gasteiger partial charge on any atom is -0.337 e. The van der Waals surface area contributed by atoms with Gasteiger partial charge in [0, 0.05) is 23.5 Å². The second-order valence-corrected chi connectivity index (χ2v) is 6.85. The van der Waals surface area contributed by atoms with Crippen molar-refractivity contribution < 1.29 is 4.79 Å². The smallest absolute Gasteiger partial charge is 0.315 e. The largest absolute Gasteiger partial charge is 0.337 e. The van der Waals surface area contributed by atoms with Crippen molar-refractivity contribution in [1.29, 1.82) is 0 Å². The summed E-state index contributed by atoms with van der Waals surface area (Å²) in [6.07, 6.45) is 0. The predicted molar refractivity (Wildman–Crippen MR) is 95.9 cm³/mol. The van der Waals surface area contributed by atoms with Crippen LogP contribution in [-0.4, -0.2) is 12.6 Å². The van der Waals surface area contributed by atoms with Gasteiger partial charge in [0.1, 0.15) is 0 Å². The minimum atomic E-state index is -0.161. The first-order chi connectivity index (χ1) is 10.9. The molecule has 0 aliphatic rings. The van der Waals surface area contributed by atoms with E-state index < -0.39 is 0 Å². The van der Waals surface area contributed by atoms with Gasteiger partial charge >= 0.3 is 6.03 Å². The number of carbonyl (C=O) groups excluding carboxylic acids is 1. The first-order valence-corrected chi connectivity index (χ1v) is 8.08. The number of amides is 2. The SMILES string of the molecule is Cc1ccc(CNC(=O)NCC(C)(C)c2ccc(Cl)cc2)cc1. The number of aryl methyl sites for hydroxylation is 1. The van der Waals surface area contributed by atoms with E-state index in [1.807, 2.05) is 55.5 Å². The van der Waals surface area contributed by atoms with E-state index in [9.17, 15) is 4.79 Å². The average molecular weight is 331 g/mol. The van der Waals surface area contributed by atoms with E-state index in [1.165, 1.54) is 5.56 Å². The van der Waals surface area contributed by atoms with Crippen LogP contribution in [0.3, 0.4) is 0 Å². The first-order valence-electron chi connectivity index (χ1n) is 7.70. The molecule has 122 valence electrons. The Balaban J connectivity index is 1.83. The molecule has 0 atom stereocenters. The lowest BCUT2D eigenvalue weighted by Crippen LogP contribution is -2.42. The molecule has 0 spiro atoms. The maximum Gasteiger partial charge on any atom is 0.315 e. The number of hydrogen-bond acceptors (Lipinski definition) is 1. The lowest BCUT2D eigenvalue weighted by atomic mass is 9.85. The van der Waals surface area contributed by atoms with Crippen LogP contribution >= 0.6 is 11.6 Å². The average Bonchev–Trinajstić information content (AvgIpc) is 2.53. The summed E-state index contributed by atoms with van der Waals surface area (Å²) in [6.45, 7) is 7.30. The van der Waals surface area contributed by atoms with Gasteiger partial charge in [0.05, 0.1) is 0 Å². The van der Waals surface area contributed by atoms with Crippen LogP contribution < -0.4 is 10.6 Å². The third-order valence-electron chi connectivity index (χ3n) is 3.89. The maximum absolute atomic E-state index is 12.0. The molecule has 2 amide bonds. The van der Waals surface area contributed by atoms with E-state index in [4.69, 9.17) is 11.6 Å².